The fourth-order valence-electron chi connectivity index (χ4n) is 3.01. The van der Waals surface area contributed by atoms with Gasteiger partial charge >= 0.3 is 12.4 Å². The van der Waals surface area contributed by atoms with E-state index in [1.54, 1.807) is 24.3 Å². The molecule has 13 heteroatoms. The second kappa shape index (κ2) is 9.39. The Bertz CT molecular complexity index is 1200. The van der Waals surface area contributed by atoms with E-state index < -0.39 is 47.1 Å². The summed E-state index contributed by atoms with van der Waals surface area (Å²) in [7, 11) is 0. The summed E-state index contributed by atoms with van der Waals surface area (Å²) in [6, 6.07) is 7.50. The van der Waals surface area contributed by atoms with Crippen molar-refractivity contribution in [3.63, 3.8) is 0 Å². The van der Waals surface area contributed by atoms with Gasteiger partial charge in [-0.2, -0.15) is 26.3 Å². The van der Waals surface area contributed by atoms with Crippen molar-refractivity contribution >= 4 is 17.4 Å². The average Bonchev–Trinajstić information content (AvgIpc) is 3.21. The lowest BCUT2D eigenvalue weighted by Gasteiger charge is -2.18. The molecule has 3 rings (SSSR count). The maximum Gasteiger partial charge on any atom is 0.416 e. The summed E-state index contributed by atoms with van der Waals surface area (Å²) in [6.07, 6.45) is -8.13. The molecule has 0 radical (unpaired) electrons. The van der Waals surface area contributed by atoms with Crippen molar-refractivity contribution in [2.45, 2.75) is 18.9 Å². The van der Waals surface area contributed by atoms with Gasteiger partial charge in [0.25, 0.3) is 0 Å². The van der Waals surface area contributed by atoms with Gasteiger partial charge in [-0.1, -0.05) is 35.0 Å². The summed E-state index contributed by atoms with van der Waals surface area (Å²) in [4.78, 5) is 12.8. The Morgan fingerprint density at radius 2 is 1.65 bits per heavy atom. The Balaban J connectivity index is 1.86. The van der Waals surface area contributed by atoms with Crippen LogP contribution in [0.1, 0.15) is 27.0 Å². The minimum absolute atomic E-state index is 0.000226. The zero-order valence-corrected chi connectivity index (χ0v) is 17.7. The van der Waals surface area contributed by atoms with Crippen LogP contribution in [0.4, 0.5) is 26.3 Å². The Morgan fingerprint density at radius 1 is 1.06 bits per heavy atom. The monoisotopic (exact) mass is 504 g/mol. The predicted octanol–water partition coefficient (Wildman–Crippen LogP) is 5.39. The molecule has 0 saturated carbocycles. The normalized spacial score (nSPS) is 12.6. The Kier molecular flexibility index (Phi) is 6.94. The quantitative estimate of drug-likeness (QED) is 0.153. The van der Waals surface area contributed by atoms with Crippen molar-refractivity contribution in [3.05, 3.63) is 87.9 Å². The maximum atomic E-state index is 13.0. The number of carbonyl (C=O) groups is 1. The lowest BCUT2D eigenvalue weighted by molar-refractivity contribution is -0.143. The third-order valence-electron chi connectivity index (χ3n) is 4.52. The molecule has 180 valence electrons. The van der Waals surface area contributed by atoms with E-state index in [1.165, 1.54) is 0 Å². The van der Waals surface area contributed by atoms with Crippen LogP contribution in [0, 0.1) is 0 Å². The number of hydrogen-bond acceptors (Lipinski definition) is 6. The largest absolute Gasteiger partial charge is 0.416 e. The molecule has 0 amide bonds. The van der Waals surface area contributed by atoms with Gasteiger partial charge in [0.05, 0.1) is 34.0 Å². The highest BCUT2D eigenvalue weighted by atomic mass is 35.5. The molecule has 0 spiro atoms. The number of halogens is 7. The van der Waals surface area contributed by atoms with Crippen LogP contribution >= 0.6 is 11.6 Å². The zero-order valence-electron chi connectivity index (χ0n) is 16.9. The molecule has 1 heterocycles. The Labute approximate surface area is 193 Å². The van der Waals surface area contributed by atoms with Crippen LogP contribution in [0.5, 0.6) is 0 Å². The summed E-state index contributed by atoms with van der Waals surface area (Å²) in [5.41, 5.74) is 2.31. The summed E-state index contributed by atoms with van der Waals surface area (Å²) in [5.74, 6) is 4.89. The topological polar surface area (TPSA) is 98.4 Å². The highest BCUT2D eigenvalue weighted by molar-refractivity contribution is 6.33. The van der Waals surface area contributed by atoms with E-state index in [4.69, 9.17) is 27.7 Å². The van der Waals surface area contributed by atoms with Crippen LogP contribution < -0.4 is 11.6 Å². The number of aromatic nitrogens is 1. The lowest BCUT2D eigenvalue weighted by atomic mass is 10.0. The number of rotatable bonds is 6. The van der Waals surface area contributed by atoms with Gasteiger partial charge in [0, 0.05) is 11.8 Å². The van der Waals surface area contributed by atoms with Crippen LogP contribution in [0.15, 0.2) is 65.1 Å². The van der Waals surface area contributed by atoms with Gasteiger partial charge in [0.15, 0.2) is 0 Å². The first-order valence-electron chi connectivity index (χ1n) is 9.28. The number of ketones is 1. The van der Waals surface area contributed by atoms with Gasteiger partial charge in [-0.3, -0.25) is 4.79 Å². The van der Waals surface area contributed by atoms with E-state index in [0.717, 1.165) is 12.5 Å². The van der Waals surface area contributed by atoms with Gasteiger partial charge in [-0.05, 0) is 29.8 Å². The fraction of sp³-hybridized carbons (Fsp3) is 0.143. The van der Waals surface area contributed by atoms with Gasteiger partial charge in [-0.15, -0.1) is 0 Å². The third kappa shape index (κ3) is 5.69. The molecule has 3 aromatic rings. The van der Waals surface area contributed by atoms with Crippen molar-refractivity contribution in [1.29, 1.82) is 0 Å². The number of nitrogens with two attached hydrogens (primary N) is 2. The second-order valence-corrected chi connectivity index (χ2v) is 7.46. The van der Waals surface area contributed by atoms with Gasteiger partial charge < -0.3 is 15.3 Å². The van der Waals surface area contributed by atoms with Crippen molar-refractivity contribution in [1.82, 2.24) is 10.2 Å². The molecule has 0 aliphatic rings. The number of allylic oxidation sites excluding steroid dienone is 1. The molecule has 0 unspecified atom stereocenters. The number of carbonyl (C=O) groups excluding carboxylic acids is 1. The van der Waals surface area contributed by atoms with Crippen LogP contribution in [-0.4, -0.2) is 15.9 Å². The van der Waals surface area contributed by atoms with Gasteiger partial charge in [-0.25, -0.2) is 5.84 Å². The minimum atomic E-state index is -5.01. The fourth-order valence-corrected chi connectivity index (χ4v) is 3.23. The van der Waals surface area contributed by atoms with Crippen LogP contribution in [0.2, 0.25) is 5.02 Å². The van der Waals surface area contributed by atoms with Crippen molar-refractivity contribution in [2.75, 3.05) is 0 Å². The molecular formula is C21H15ClF6N4O2. The Hall–Kier alpha value is -3.51. The molecule has 0 bridgehead atoms. The van der Waals surface area contributed by atoms with E-state index in [0.29, 0.717) is 22.7 Å². The lowest BCUT2D eigenvalue weighted by Crippen LogP contribution is -2.28. The van der Waals surface area contributed by atoms with E-state index in [-0.39, 0.29) is 22.3 Å². The number of benzene rings is 2. The zero-order chi connectivity index (χ0) is 25.3. The summed E-state index contributed by atoms with van der Waals surface area (Å²) in [5, 5.41) is 4.70. The molecule has 0 aliphatic heterocycles. The van der Waals surface area contributed by atoms with E-state index in [1.807, 2.05) is 0 Å². The van der Waals surface area contributed by atoms with Gasteiger partial charge in [0.1, 0.15) is 12.0 Å². The molecule has 0 aliphatic carbocycles. The molecule has 2 aromatic carbocycles. The van der Waals surface area contributed by atoms with E-state index in [2.05, 4.69) is 5.16 Å². The first kappa shape index (κ1) is 25.1. The molecular weight excluding hydrogens is 490 g/mol. The highest BCUT2D eigenvalue weighted by Gasteiger charge is 2.37. The molecule has 0 saturated heterocycles. The number of nitrogens with zero attached hydrogens (tertiary/aromatic N) is 2. The van der Waals surface area contributed by atoms with E-state index in [9.17, 15) is 31.1 Å². The SMILES string of the molecule is N/C(=C\N(N)Cc1cc(C(F)(F)F)cc(C(F)(F)F)c1)C(=O)c1conc1-c1ccccc1Cl. The molecule has 1 aromatic heterocycles. The van der Waals surface area contributed by atoms with Crippen LogP contribution in [-0.2, 0) is 18.9 Å². The number of hydrazine groups is 1. The van der Waals surface area contributed by atoms with Crippen LogP contribution in [0.25, 0.3) is 11.3 Å². The number of Topliss-reactive ketones (excluding diaryl/α,β-unsaturated/α-hetero) is 1. The summed E-state index contributed by atoms with van der Waals surface area (Å²) >= 11 is 6.11. The molecule has 4 N–H and O–H groups in total. The third-order valence-corrected chi connectivity index (χ3v) is 4.85. The highest BCUT2D eigenvalue weighted by Crippen LogP contribution is 2.36. The van der Waals surface area contributed by atoms with Crippen molar-refractivity contribution in [3.8, 4) is 11.3 Å². The van der Waals surface area contributed by atoms with Crippen LogP contribution in [0.3, 0.4) is 0 Å². The first-order valence-corrected chi connectivity index (χ1v) is 9.66. The van der Waals surface area contributed by atoms with Gasteiger partial charge in [0.2, 0.25) is 5.78 Å². The Morgan fingerprint density at radius 3 is 2.21 bits per heavy atom. The summed E-state index contributed by atoms with van der Waals surface area (Å²) in [6.45, 7) is -0.609. The van der Waals surface area contributed by atoms with Crippen molar-refractivity contribution < 1.29 is 35.7 Å². The molecule has 0 fully saturated rings. The predicted molar refractivity (Wildman–Crippen MR) is 110 cm³/mol. The maximum absolute atomic E-state index is 13.0. The summed E-state index contributed by atoms with van der Waals surface area (Å²) < 4.78 is 83.1. The number of alkyl halides is 6. The standard InChI is InChI=1S/C21H15ClF6N4O2/c22-16-4-2-1-3-14(16)18-15(10-34-31-18)19(33)17(29)9-32(30)8-11-5-12(20(23,24)25)7-13(6-11)21(26,27)28/h1-7,9-10H,8,29-30H2/b17-9-. The van der Waals surface area contributed by atoms with E-state index >= 15 is 0 Å². The minimum Gasteiger partial charge on any atom is -0.394 e. The molecule has 34 heavy (non-hydrogen) atoms. The molecule has 6 nitrogen and oxygen atoms in total. The first-order chi connectivity index (χ1) is 15.8. The molecule has 0 atom stereocenters. The number of hydrogen-bond donors (Lipinski definition) is 2. The second-order valence-electron chi connectivity index (χ2n) is 7.06. The average molecular weight is 505 g/mol. The van der Waals surface area contributed by atoms with Crippen molar-refractivity contribution in [2.24, 2.45) is 11.6 Å². The smallest absolute Gasteiger partial charge is 0.394 e.